The summed E-state index contributed by atoms with van der Waals surface area (Å²) in [5, 5.41) is 2.81. The maximum atomic E-state index is 12.4. The molecular weight excluding hydrogens is 337 g/mol. The third-order valence-corrected chi connectivity index (χ3v) is 4.26. The van der Waals surface area contributed by atoms with Crippen molar-refractivity contribution in [2.24, 2.45) is 5.92 Å². The number of alkyl halides is 3. The lowest BCUT2D eigenvalue weighted by molar-refractivity contribution is -0.186. The smallest absolute Gasteiger partial charge is 0.471 e. The molecule has 0 aromatic heterocycles. The predicted octanol–water partition coefficient (Wildman–Crippen LogP) is 2.15. The highest BCUT2D eigenvalue weighted by molar-refractivity contribution is 5.82. The number of amides is 2. The van der Waals surface area contributed by atoms with Crippen molar-refractivity contribution >= 4 is 11.8 Å². The molecule has 5 nitrogen and oxygen atoms in total. The summed E-state index contributed by atoms with van der Waals surface area (Å²) in [7, 11) is 1.56. The summed E-state index contributed by atoms with van der Waals surface area (Å²) in [5.74, 6) is -1.13. The molecule has 1 aromatic rings. The normalized spacial score (nSPS) is 15.8. The van der Waals surface area contributed by atoms with Crippen molar-refractivity contribution in [2.75, 3.05) is 26.7 Å². The highest BCUT2D eigenvalue weighted by Crippen LogP contribution is 2.23. The molecule has 0 radical (unpaired) electrons. The molecule has 0 bridgehead atoms. The van der Waals surface area contributed by atoms with Gasteiger partial charge in [-0.2, -0.15) is 13.2 Å². The number of piperidine rings is 1. The fourth-order valence-corrected chi connectivity index (χ4v) is 2.77. The molecule has 0 atom stereocenters. The quantitative estimate of drug-likeness (QED) is 0.878. The Bertz CT molecular complexity index is 594. The Hall–Kier alpha value is -2.25. The largest absolute Gasteiger partial charge is 0.497 e. The topological polar surface area (TPSA) is 58.6 Å². The van der Waals surface area contributed by atoms with Crippen LogP contribution in [0, 0.1) is 5.92 Å². The van der Waals surface area contributed by atoms with Crippen LogP contribution in [0.5, 0.6) is 5.75 Å². The average molecular weight is 358 g/mol. The zero-order chi connectivity index (χ0) is 18.4. The van der Waals surface area contributed by atoms with Gasteiger partial charge in [0.25, 0.3) is 0 Å². The van der Waals surface area contributed by atoms with Gasteiger partial charge in [-0.25, -0.2) is 0 Å². The molecule has 1 aliphatic heterocycles. The Morgan fingerprint density at radius 3 is 2.32 bits per heavy atom. The number of likely N-dealkylation sites (tertiary alicyclic amines) is 1. The first-order valence-corrected chi connectivity index (χ1v) is 8.05. The number of rotatable bonds is 5. The molecule has 0 spiro atoms. The van der Waals surface area contributed by atoms with Gasteiger partial charge >= 0.3 is 12.1 Å². The molecule has 1 aromatic carbocycles. The minimum absolute atomic E-state index is 0.0668. The van der Waals surface area contributed by atoms with Crippen LogP contribution in [0.3, 0.4) is 0 Å². The Morgan fingerprint density at radius 1 is 1.20 bits per heavy atom. The second-order valence-corrected chi connectivity index (χ2v) is 6.06. The number of hydrogen-bond donors (Lipinski definition) is 1. The van der Waals surface area contributed by atoms with Crippen LogP contribution in [-0.2, 0) is 16.0 Å². The van der Waals surface area contributed by atoms with E-state index in [1.54, 1.807) is 31.4 Å². The van der Waals surface area contributed by atoms with Crippen LogP contribution < -0.4 is 10.1 Å². The van der Waals surface area contributed by atoms with Crippen LogP contribution in [-0.4, -0.2) is 49.6 Å². The summed E-state index contributed by atoms with van der Waals surface area (Å²) in [6.07, 6.45) is -3.69. The molecule has 138 valence electrons. The molecule has 0 unspecified atom stereocenters. The molecule has 25 heavy (non-hydrogen) atoms. The molecule has 1 aliphatic rings. The minimum Gasteiger partial charge on any atom is -0.497 e. The molecule has 8 heteroatoms. The average Bonchev–Trinajstić information content (AvgIpc) is 2.59. The highest BCUT2D eigenvalue weighted by Gasteiger charge is 2.43. The van der Waals surface area contributed by atoms with E-state index in [1.807, 2.05) is 0 Å². The van der Waals surface area contributed by atoms with Gasteiger partial charge in [-0.05, 0) is 36.5 Å². The lowest BCUT2D eigenvalue weighted by Gasteiger charge is -2.32. The highest BCUT2D eigenvalue weighted by atomic mass is 19.4. The van der Waals surface area contributed by atoms with Crippen LogP contribution >= 0.6 is 0 Å². The number of carbonyl (C=O) groups excluding carboxylic acids is 2. The van der Waals surface area contributed by atoms with Crippen LogP contribution in [0.2, 0.25) is 0 Å². The van der Waals surface area contributed by atoms with Gasteiger partial charge in [0, 0.05) is 19.6 Å². The number of halogens is 3. The van der Waals surface area contributed by atoms with E-state index >= 15 is 0 Å². The number of nitrogens with zero attached hydrogens (tertiary/aromatic N) is 1. The first-order chi connectivity index (χ1) is 11.8. The van der Waals surface area contributed by atoms with E-state index in [0.717, 1.165) is 10.5 Å². The van der Waals surface area contributed by atoms with E-state index in [2.05, 4.69) is 5.32 Å². The minimum atomic E-state index is -4.82. The summed E-state index contributed by atoms with van der Waals surface area (Å²) in [5.41, 5.74) is 0.851. The van der Waals surface area contributed by atoms with Gasteiger partial charge < -0.3 is 15.0 Å². The Balaban J connectivity index is 1.71. The summed E-state index contributed by atoms with van der Waals surface area (Å²) >= 11 is 0. The maximum Gasteiger partial charge on any atom is 0.471 e. The predicted molar refractivity (Wildman–Crippen MR) is 85.1 cm³/mol. The molecule has 1 heterocycles. The monoisotopic (exact) mass is 358 g/mol. The number of benzene rings is 1. The van der Waals surface area contributed by atoms with Gasteiger partial charge in [-0.3, -0.25) is 9.59 Å². The Labute approximate surface area is 144 Å². The molecule has 2 amide bonds. The van der Waals surface area contributed by atoms with Crippen molar-refractivity contribution in [3.63, 3.8) is 0 Å². The van der Waals surface area contributed by atoms with Gasteiger partial charge in [0.1, 0.15) is 5.75 Å². The van der Waals surface area contributed by atoms with Crippen molar-refractivity contribution in [3.05, 3.63) is 29.8 Å². The van der Waals surface area contributed by atoms with E-state index < -0.39 is 12.1 Å². The molecule has 1 fully saturated rings. The number of hydrogen-bond acceptors (Lipinski definition) is 3. The molecule has 1 saturated heterocycles. The lowest BCUT2D eigenvalue weighted by Crippen LogP contribution is -2.46. The fourth-order valence-electron chi connectivity index (χ4n) is 2.77. The van der Waals surface area contributed by atoms with Crippen molar-refractivity contribution in [1.82, 2.24) is 10.2 Å². The van der Waals surface area contributed by atoms with Crippen molar-refractivity contribution < 1.29 is 27.5 Å². The van der Waals surface area contributed by atoms with Gasteiger partial charge in [-0.1, -0.05) is 12.1 Å². The van der Waals surface area contributed by atoms with Crippen LogP contribution in [0.25, 0.3) is 0 Å². The summed E-state index contributed by atoms with van der Waals surface area (Å²) in [6, 6.07) is 7.16. The standard InChI is InChI=1S/C17H21F3N2O3/c1-25-14-4-2-12(3-5-14)10-15(23)21-11-13-6-8-22(9-7-13)16(24)17(18,19)20/h2-5,13H,6-11H2,1H3,(H,21,23). The molecule has 0 aliphatic carbocycles. The van der Waals surface area contributed by atoms with Gasteiger partial charge in [-0.15, -0.1) is 0 Å². The summed E-state index contributed by atoms with van der Waals surface area (Å²) < 4.78 is 42.2. The van der Waals surface area contributed by atoms with E-state index in [0.29, 0.717) is 25.1 Å². The van der Waals surface area contributed by atoms with Gasteiger partial charge in [0.2, 0.25) is 5.91 Å². The van der Waals surface area contributed by atoms with E-state index in [4.69, 9.17) is 4.74 Å². The Morgan fingerprint density at radius 2 is 1.80 bits per heavy atom. The molecule has 1 N–H and O–H groups in total. The number of ether oxygens (including phenoxy) is 1. The second-order valence-electron chi connectivity index (χ2n) is 6.06. The first-order valence-electron chi connectivity index (χ1n) is 8.05. The SMILES string of the molecule is COc1ccc(CC(=O)NCC2CCN(C(=O)C(F)(F)F)CC2)cc1. The maximum absolute atomic E-state index is 12.4. The molecular formula is C17H21F3N2O3. The number of nitrogens with one attached hydrogen (secondary N) is 1. The van der Waals surface area contributed by atoms with Crippen LogP contribution in [0.1, 0.15) is 18.4 Å². The van der Waals surface area contributed by atoms with E-state index in [1.165, 1.54) is 0 Å². The third kappa shape index (κ3) is 5.65. The number of carbonyl (C=O) groups is 2. The van der Waals surface area contributed by atoms with E-state index in [9.17, 15) is 22.8 Å². The van der Waals surface area contributed by atoms with Gasteiger partial charge in [0.05, 0.1) is 13.5 Å². The summed E-state index contributed by atoms with van der Waals surface area (Å²) in [6.45, 7) is 0.539. The second kappa shape index (κ2) is 8.22. The molecule has 0 saturated carbocycles. The van der Waals surface area contributed by atoms with E-state index in [-0.39, 0.29) is 31.3 Å². The lowest BCUT2D eigenvalue weighted by atomic mass is 9.96. The Kier molecular flexibility index (Phi) is 6.27. The zero-order valence-corrected chi connectivity index (χ0v) is 13.9. The summed E-state index contributed by atoms with van der Waals surface area (Å²) in [4.78, 5) is 24.0. The van der Waals surface area contributed by atoms with Crippen molar-refractivity contribution in [1.29, 1.82) is 0 Å². The third-order valence-electron chi connectivity index (χ3n) is 4.26. The number of methoxy groups -OCH3 is 1. The zero-order valence-electron chi connectivity index (χ0n) is 13.9. The van der Waals surface area contributed by atoms with Crippen LogP contribution in [0.15, 0.2) is 24.3 Å². The van der Waals surface area contributed by atoms with Crippen molar-refractivity contribution in [3.8, 4) is 5.75 Å². The van der Waals surface area contributed by atoms with Crippen LogP contribution in [0.4, 0.5) is 13.2 Å². The van der Waals surface area contributed by atoms with Gasteiger partial charge in [0.15, 0.2) is 0 Å². The molecule has 2 rings (SSSR count). The van der Waals surface area contributed by atoms with Crippen molar-refractivity contribution in [2.45, 2.75) is 25.4 Å². The fraction of sp³-hybridized carbons (Fsp3) is 0.529. The first kappa shape index (κ1) is 19.1.